The van der Waals surface area contributed by atoms with Crippen LogP contribution in [-0.4, -0.2) is 28.2 Å². The van der Waals surface area contributed by atoms with Crippen molar-refractivity contribution in [2.24, 2.45) is 12.8 Å². The van der Waals surface area contributed by atoms with Crippen molar-refractivity contribution >= 4 is 10.0 Å². The molecule has 2 aromatic rings. The van der Waals surface area contributed by atoms with E-state index in [4.69, 9.17) is 5.73 Å². The Morgan fingerprint density at radius 3 is 2.84 bits per heavy atom. The molecule has 0 aliphatic rings. The fourth-order valence-corrected chi connectivity index (χ4v) is 2.87. The number of imidazole rings is 1. The Balaban J connectivity index is 2.21. The number of nitrogens with one attached hydrogen (secondary N) is 2. The molecule has 0 aliphatic carbocycles. The van der Waals surface area contributed by atoms with E-state index in [0.717, 1.165) is 0 Å². The smallest absolute Gasteiger partial charge is 0.260 e. The lowest BCUT2D eigenvalue weighted by atomic mass is 10.3. The van der Waals surface area contributed by atoms with Crippen LogP contribution in [0.3, 0.4) is 0 Å². The molecule has 0 fully saturated rings. The zero-order valence-electron chi connectivity index (χ0n) is 10.7. The zero-order valence-corrected chi connectivity index (χ0v) is 11.5. The number of sulfonamides is 1. The number of rotatable bonds is 5. The molecule has 0 radical (unpaired) electrons. The van der Waals surface area contributed by atoms with Crippen LogP contribution >= 0.6 is 0 Å². The maximum atomic E-state index is 12.1. The highest BCUT2D eigenvalue weighted by Gasteiger charge is 2.23. The normalized spacial score (nSPS) is 11.9. The molecule has 0 amide bonds. The van der Waals surface area contributed by atoms with Crippen LogP contribution in [0.5, 0.6) is 0 Å². The minimum absolute atomic E-state index is 0.0540. The fraction of sp³-hybridized carbons (Fsp3) is 0.400. The van der Waals surface area contributed by atoms with Crippen LogP contribution in [0.1, 0.15) is 17.1 Å². The van der Waals surface area contributed by atoms with E-state index in [1.54, 1.807) is 30.9 Å². The van der Waals surface area contributed by atoms with Crippen LogP contribution in [0.15, 0.2) is 17.4 Å². The van der Waals surface area contributed by atoms with Crippen molar-refractivity contribution in [2.75, 3.05) is 0 Å². The van der Waals surface area contributed by atoms with E-state index in [-0.39, 0.29) is 18.1 Å². The topological polar surface area (TPSA) is 119 Å². The zero-order chi connectivity index (χ0) is 14.0. The third kappa shape index (κ3) is 2.67. The number of aryl methyl sites for hydroxylation is 2. The van der Waals surface area contributed by atoms with Gasteiger partial charge in [-0.25, -0.2) is 18.1 Å². The Hall–Kier alpha value is -1.71. The monoisotopic (exact) mass is 284 g/mol. The molecule has 9 heteroatoms. The molecule has 2 rings (SSSR count). The van der Waals surface area contributed by atoms with Gasteiger partial charge in [0.05, 0.1) is 6.54 Å². The Bertz CT molecular complexity index is 672. The number of nitrogens with zero attached hydrogens (tertiary/aromatic N) is 3. The van der Waals surface area contributed by atoms with Crippen LogP contribution in [0.4, 0.5) is 0 Å². The molecule has 0 spiro atoms. The van der Waals surface area contributed by atoms with Gasteiger partial charge >= 0.3 is 0 Å². The Morgan fingerprint density at radius 2 is 2.26 bits per heavy atom. The van der Waals surface area contributed by atoms with Gasteiger partial charge in [0.15, 0.2) is 5.03 Å². The summed E-state index contributed by atoms with van der Waals surface area (Å²) in [5, 5.41) is 6.37. The molecule has 0 saturated carbocycles. The van der Waals surface area contributed by atoms with Crippen LogP contribution in [-0.2, 0) is 30.2 Å². The summed E-state index contributed by atoms with van der Waals surface area (Å²) in [4.78, 5) is 4.04. The summed E-state index contributed by atoms with van der Waals surface area (Å²) < 4.78 is 28.5. The molecule has 19 heavy (non-hydrogen) atoms. The van der Waals surface area contributed by atoms with E-state index >= 15 is 0 Å². The summed E-state index contributed by atoms with van der Waals surface area (Å²) in [6, 6.07) is 0. The van der Waals surface area contributed by atoms with E-state index in [9.17, 15) is 8.42 Å². The first-order valence-electron chi connectivity index (χ1n) is 5.65. The number of hydrogen-bond acceptors (Lipinski definition) is 5. The Kier molecular flexibility index (Phi) is 3.69. The van der Waals surface area contributed by atoms with E-state index < -0.39 is 10.0 Å². The van der Waals surface area contributed by atoms with Gasteiger partial charge in [0.1, 0.15) is 5.82 Å². The van der Waals surface area contributed by atoms with Crippen molar-refractivity contribution in [1.82, 2.24) is 24.5 Å². The van der Waals surface area contributed by atoms with Gasteiger partial charge in [-0.2, -0.15) is 5.10 Å². The first kappa shape index (κ1) is 13.7. The van der Waals surface area contributed by atoms with Gasteiger partial charge in [-0.3, -0.25) is 5.10 Å². The Morgan fingerprint density at radius 1 is 1.53 bits per heavy atom. The third-order valence-electron chi connectivity index (χ3n) is 2.84. The van der Waals surface area contributed by atoms with Crippen LogP contribution in [0.25, 0.3) is 0 Å². The summed E-state index contributed by atoms with van der Waals surface area (Å²) >= 11 is 0. The highest BCUT2D eigenvalue weighted by atomic mass is 32.2. The van der Waals surface area contributed by atoms with Gasteiger partial charge in [0.2, 0.25) is 0 Å². The summed E-state index contributed by atoms with van der Waals surface area (Å²) in [5.74, 6) is 0.616. The van der Waals surface area contributed by atoms with E-state index in [1.165, 1.54) is 0 Å². The molecule has 104 valence electrons. The van der Waals surface area contributed by atoms with Crippen molar-refractivity contribution in [3.05, 3.63) is 29.5 Å². The summed E-state index contributed by atoms with van der Waals surface area (Å²) in [5.41, 5.74) is 6.68. The minimum Gasteiger partial charge on any atom is -0.337 e. The summed E-state index contributed by atoms with van der Waals surface area (Å²) in [6.07, 6.45) is 3.35. The lowest BCUT2D eigenvalue weighted by Crippen LogP contribution is -2.26. The maximum absolute atomic E-state index is 12.1. The second kappa shape index (κ2) is 5.11. The van der Waals surface area contributed by atoms with Gasteiger partial charge in [-0.15, -0.1) is 0 Å². The molecule has 0 bridgehead atoms. The second-order valence-corrected chi connectivity index (χ2v) is 5.80. The quantitative estimate of drug-likeness (QED) is 0.676. The average Bonchev–Trinajstić information content (AvgIpc) is 2.93. The highest BCUT2D eigenvalue weighted by molar-refractivity contribution is 7.89. The van der Waals surface area contributed by atoms with Gasteiger partial charge in [-0.05, 0) is 6.92 Å². The lowest BCUT2D eigenvalue weighted by Gasteiger charge is -2.06. The lowest BCUT2D eigenvalue weighted by molar-refractivity contribution is 0.572. The molecule has 0 unspecified atom stereocenters. The number of H-pyrrole nitrogens is 1. The van der Waals surface area contributed by atoms with Crippen LogP contribution < -0.4 is 10.5 Å². The molecule has 8 nitrogen and oxygen atoms in total. The number of aromatic nitrogens is 4. The standard InChI is InChI=1S/C10H16N6O2S/c1-7-8(5-11)10(15-14-7)19(17,18)13-6-9-12-3-4-16(9)2/h3-4,13H,5-6,11H2,1-2H3,(H,14,15). The number of aromatic amines is 1. The first-order valence-corrected chi connectivity index (χ1v) is 7.14. The predicted octanol–water partition coefficient (Wildman–Crippen LogP) is -0.611. The second-order valence-electron chi connectivity index (χ2n) is 4.12. The van der Waals surface area contributed by atoms with Crippen molar-refractivity contribution in [3.8, 4) is 0 Å². The van der Waals surface area contributed by atoms with Crippen molar-refractivity contribution in [2.45, 2.75) is 25.0 Å². The largest absolute Gasteiger partial charge is 0.337 e. The van der Waals surface area contributed by atoms with Crippen molar-refractivity contribution in [1.29, 1.82) is 0 Å². The maximum Gasteiger partial charge on any atom is 0.260 e. The van der Waals surface area contributed by atoms with Crippen LogP contribution in [0, 0.1) is 6.92 Å². The van der Waals surface area contributed by atoms with E-state index in [1.807, 2.05) is 0 Å². The summed E-state index contributed by atoms with van der Waals surface area (Å²) in [6.45, 7) is 1.94. The van der Waals surface area contributed by atoms with E-state index in [0.29, 0.717) is 17.1 Å². The van der Waals surface area contributed by atoms with Gasteiger partial charge in [-0.1, -0.05) is 0 Å². The van der Waals surface area contributed by atoms with Crippen molar-refractivity contribution < 1.29 is 8.42 Å². The molecular formula is C10H16N6O2S. The first-order chi connectivity index (χ1) is 8.95. The van der Waals surface area contributed by atoms with Crippen molar-refractivity contribution in [3.63, 3.8) is 0 Å². The van der Waals surface area contributed by atoms with E-state index in [2.05, 4.69) is 19.9 Å². The average molecular weight is 284 g/mol. The molecule has 0 aromatic carbocycles. The molecule has 0 aliphatic heterocycles. The molecule has 2 heterocycles. The highest BCUT2D eigenvalue weighted by Crippen LogP contribution is 2.15. The van der Waals surface area contributed by atoms with Gasteiger partial charge < -0.3 is 10.3 Å². The molecule has 0 saturated heterocycles. The van der Waals surface area contributed by atoms with Crippen LogP contribution in [0.2, 0.25) is 0 Å². The molecule has 4 N–H and O–H groups in total. The van der Waals surface area contributed by atoms with Gasteiger partial charge in [0.25, 0.3) is 10.0 Å². The number of nitrogens with two attached hydrogens (primary N) is 1. The fourth-order valence-electron chi connectivity index (χ4n) is 1.69. The number of hydrogen-bond donors (Lipinski definition) is 3. The van der Waals surface area contributed by atoms with Gasteiger partial charge in [0, 0.05) is 37.2 Å². The molecule has 2 aromatic heterocycles. The molecular weight excluding hydrogens is 268 g/mol. The SMILES string of the molecule is Cc1[nH]nc(S(=O)(=O)NCc2nccn2C)c1CN. The third-order valence-corrected chi connectivity index (χ3v) is 4.21. The summed E-state index contributed by atoms with van der Waals surface area (Å²) in [7, 11) is -1.91. The Labute approximate surface area is 111 Å². The minimum atomic E-state index is -3.70. The molecule has 0 atom stereocenters. The predicted molar refractivity (Wildman–Crippen MR) is 68.4 cm³/mol.